The van der Waals surface area contributed by atoms with Crippen molar-refractivity contribution in [2.45, 2.75) is 31.7 Å². The molecule has 2 N–H and O–H groups in total. The zero-order chi connectivity index (χ0) is 15.6. The highest BCUT2D eigenvalue weighted by Crippen LogP contribution is 2.34. The number of anilines is 1. The number of carbonyl (C=O) groups excluding carboxylic acids is 1. The maximum Gasteiger partial charge on any atom is 0.320 e. The maximum absolute atomic E-state index is 13.6. The van der Waals surface area contributed by atoms with Gasteiger partial charge in [0.15, 0.2) is 0 Å². The molecular formula is C18H19FN2O. The van der Waals surface area contributed by atoms with Crippen LogP contribution >= 0.6 is 0 Å². The van der Waals surface area contributed by atoms with E-state index in [2.05, 4.69) is 22.8 Å². The smallest absolute Gasteiger partial charge is 0.320 e. The second-order valence-electron chi connectivity index (χ2n) is 5.90. The molecule has 1 aliphatic carbocycles. The first kappa shape index (κ1) is 14.6. The van der Waals surface area contributed by atoms with Gasteiger partial charge in [0.25, 0.3) is 0 Å². The summed E-state index contributed by atoms with van der Waals surface area (Å²) in [6.07, 6.45) is 2.92. The molecule has 1 atom stereocenters. The number of hydrogen-bond donors (Lipinski definition) is 2. The number of amides is 2. The van der Waals surface area contributed by atoms with E-state index >= 15 is 0 Å². The predicted octanol–water partition coefficient (Wildman–Crippen LogP) is 4.20. The van der Waals surface area contributed by atoms with Gasteiger partial charge < -0.3 is 10.6 Å². The van der Waals surface area contributed by atoms with Crippen molar-refractivity contribution in [3.63, 3.8) is 0 Å². The van der Waals surface area contributed by atoms with Gasteiger partial charge in [0.05, 0.1) is 11.2 Å². The minimum absolute atomic E-state index is 0.188. The molecule has 4 heteroatoms. The lowest BCUT2D eigenvalue weighted by Gasteiger charge is -2.36. The predicted molar refractivity (Wildman–Crippen MR) is 85.3 cm³/mol. The maximum atomic E-state index is 13.6. The van der Waals surface area contributed by atoms with Gasteiger partial charge in [0.2, 0.25) is 0 Å². The highest BCUT2D eigenvalue weighted by Gasteiger charge is 2.33. The van der Waals surface area contributed by atoms with Gasteiger partial charge in [-0.05, 0) is 49.4 Å². The Morgan fingerprint density at radius 2 is 1.86 bits per heavy atom. The standard InChI is InChI=1S/C18H19FN2O/c1-18(12-6-8-13-7-2-3-9-14(13)18)21-17(22)20-16-11-5-4-10-15(16)19/h2-5,7,9-11H,6,8,12H2,1H3,(H2,20,21,22)/t18-/m1/s1. The van der Waals surface area contributed by atoms with Crippen molar-refractivity contribution >= 4 is 11.7 Å². The van der Waals surface area contributed by atoms with Gasteiger partial charge >= 0.3 is 6.03 Å². The molecule has 22 heavy (non-hydrogen) atoms. The van der Waals surface area contributed by atoms with Crippen molar-refractivity contribution in [2.24, 2.45) is 0 Å². The van der Waals surface area contributed by atoms with Gasteiger partial charge in [-0.2, -0.15) is 0 Å². The van der Waals surface area contributed by atoms with E-state index in [4.69, 9.17) is 0 Å². The van der Waals surface area contributed by atoms with E-state index in [1.165, 1.54) is 11.6 Å². The second-order valence-corrected chi connectivity index (χ2v) is 5.90. The highest BCUT2D eigenvalue weighted by atomic mass is 19.1. The lowest BCUT2D eigenvalue weighted by atomic mass is 9.78. The van der Waals surface area contributed by atoms with Crippen LogP contribution in [-0.4, -0.2) is 6.03 Å². The number of urea groups is 1. The number of aryl methyl sites for hydroxylation is 1. The Balaban J connectivity index is 1.78. The van der Waals surface area contributed by atoms with Crippen molar-refractivity contribution in [3.8, 4) is 0 Å². The number of halogens is 1. The number of hydrogen-bond acceptors (Lipinski definition) is 1. The Morgan fingerprint density at radius 1 is 1.14 bits per heavy atom. The SMILES string of the molecule is C[C@@]1(NC(=O)Nc2ccccc2F)CCCc2ccccc21. The van der Waals surface area contributed by atoms with Crippen LogP contribution in [0.25, 0.3) is 0 Å². The molecule has 2 amide bonds. The lowest BCUT2D eigenvalue weighted by molar-refractivity contribution is 0.233. The summed E-state index contributed by atoms with van der Waals surface area (Å²) < 4.78 is 13.6. The zero-order valence-corrected chi connectivity index (χ0v) is 12.5. The summed E-state index contributed by atoms with van der Waals surface area (Å²) in [4.78, 5) is 12.3. The number of benzene rings is 2. The van der Waals surface area contributed by atoms with Crippen molar-refractivity contribution in [2.75, 3.05) is 5.32 Å². The summed E-state index contributed by atoms with van der Waals surface area (Å²) >= 11 is 0. The van der Waals surface area contributed by atoms with Crippen LogP contribution in [0.1, 0.15) is 30.9 Å². The summed E-state index contributed by atoms with van der Waals surface area (Å²) in [5.41, 5.74) is 2.17. The van der Waals surface area contributed by atoms with Crippen LogP contribution in [0, 0.1) is 5.82 Å². The molecule has 0 radical (unpaired) electrons. The van der Waals surface area contributed by atoms with E-state index in [0.29, 0.717) is 0 Å². The van der Waals surface area contributed by atoms with E-state index in [1.54, 1.807) is 18.2 Å². The summed E-state index contributed by atoms with van der Waals surface area (Å²) in [7, 11) is 0. The normalized spacial score (nSPS) is 20.1. The molecule has 2 aromatic carbocycles. The molecule has 0 fully saturated rings. The molecule has 0 heterocycles. The first-order chi connectivity index (χ1) is 10.6. The molecule has 0 aromatic heterocycles. The van der Waals surface area contributed by atoms with Crippen LogP contribution in [-0.2, 0) is 12.0 Å². The Morgan fingerprint density at radius 3 is 2.68 bits per heavy atom. The topological polar surface area (TPSA) is 41.1 Å². The van der Waals surface area contributed by atoms with Crippen molar-refractivity contribution in [1.82, 2.24) is 5.32 Å². The largest absolute Gasteiger partial charge is 0.329 e. The third-order valence-corrected chi connectivity index (χ3v) is 4.25. The van der Waals surface area contributed by atoms with Gasteiger partial charge in [-0.3, -0.25) is 0 Å². The van der Waals surface area contributed by atoms with Gasteiger partial charge in [-0.15, -0.1) is 0 Å². The van der Waals surface area contributed by atoms with Crippen LogP contribution in [0.4, 0.5) is 14.9 Å². The number of fused-ring (bicyclic) bond motifs is 1. The van der Waals surface area contributed by atoms with Crippen molar-refractivity contribution in [3.05, 3.63) is 65.5 Å². The summed E-state index contributed by atoms with van der Waals surface area (Å²) in [6.45, 7) is 2.02. The van der Waals surface area contributed by atoms with Crippen LogP contribution in [0.2, 0.25) is 0 Å². The minimum atomic E-state index is -0.438. The van der Waals surface area contributed by atoms with E-state index in [-0.39, 0.29) is 11.7 Å². The number of nitrogens with one attached hydrogen (secondary N) is 2. The molecule has 0 aliphatic heterocycles. The van der Waals surface area contributed by atoms with E-state index < -0.39 is 11.4 Å². The fraction of sp³-hybridized carbons (Fsp3) is 0.278. The molecule has 0 unspecified atom stereocenters. The molecule has 0 saturated heterocycles. The Labute approximate surface area is 129 Å². The van der Waals surface area contributed by atoms with Crippen LogP contribution in [0.5, 0.6) is 0 Å². The average Bonchev–Trinajstić information content (AvgIpc) is 2.50. The van der Waals surface area contributed by atoms with E-state index in [0.717, 1.165) is 24.8 Å². The van der Waals surface area contributed by atoms with Crippen LogP contribution in [0.3, 0.4) is 0 Å². The van der Waals surface area contributed by atoms with Crippen LogP contribution < -0.4 is 10.6 Å². The zero-order valence-electron chi connectivity index (χ0n) is 12.5. The van der Waals surface area contributed by atoms with Gasteiger partial charge in [-0.1, -0.05) is 36.4 Å². The number of carbonyl (C=O) groups is 1. The van der Waals surface area contributed by atoms with Crippen molar-refractivity contribution in [1.29, 1.82) is 0 Å². The fourth-order valence-corrected chi connectivity index (χ4v) is 3.14. The second kappa shape index (κ2) is 5.79. The molecule has 0 saturated carbocycles. The van der Waals surface area contributed by atoms with Crippen molar-refractivity contribution < 1.29 is 9.18 Å². The first-order valence-electron chi connectivity index (χ1n) is 7.50. The molecule has 2 aromatic rings. The van der Waals surface area contributed by atoms with Gasteiger partial charge in [0, 0.05) is 0 Å². The van der Waals surface area contributed by atoms with Gasteiger partial charge in [0.1, 0.15) is 5.82 Å². The van der Waals surface area contributed by atoms with Crippen LogP contribution in [0.15, 0.2) is 48.5 Å². The summed E-state index contributed by atoms with van der Waals surface area (Å²) in [6, 6.07) is 13.9. The molecule has 3 rings (SSSR count). The molecule has 1 aliphatic rings. The fourth-order valence-electron chi connectivity index (χ4n) is 3.14. The monoisotopic (exact) mass is 298 g/mol. The average molecular weight is 298 g/mol. The molecule has 3 nitrogen and oxygen atoms in total. The Hall–Kier alpha value is -2.36. The first-order valence-corrected chi connectivity index (χ1v) is 7.50. The minimum Gasteiger partial charge on any atom is -0.329 e. The summed E-state index contributed by atoms with van der Waals surface area (Å²) in [5, 5.41) is 5.60. The lowest BCUT2D eigenvalue weighted by Crippen LogP contribution is -2.47. The summed E-state index contributed by atoms with van der Waals surface area (Å²) in [5.74, 6) is -0.438. The quantitative estimate of drug-likeness (QED) is 0.857. The third kappa shape index (κ3) is 2.82. The molecule has 0 bridgehead atoms. The number of para-hydroxylation sites is 1. The Kier molecular flexibility index (Phi) is 3.84. The Bertz CT molecular complexity index is 701. The highest BCUT2D eigenvalue weighted by molar-refractivity contribution is 5.90. The molecular weight excluding hydrogens is 279 g/mol. The number of rotatable bonds is 2. The van der Waals surface area contributed by atoms with Gasteiger partial charge in [-0.25, -0.2) is 9.18 Å². The molecule has 0 spiro atoms. The van der Waals surface area contributed by atoms with E-state index in [9.17, 15) is 9.18 Å². The van der Waals surface area contributed by atoms with E-state index in [1.807, 2.05) is 19.1 Å². The third-order valence-electron chi connectivity index (χ3n) is 4.25. The molecule has 114 valence electrons.